The number of carbonyl (C=O) groups excluding carboxylic acids is 1. The van der Waals surface area contributed by atoms with Gasteiger partial charge in [-0.25, -0.2) is 4.68 Å². The third-order valence-corrected chi connectivity index (χ3v) is 4.50. The maximum Gasteiger partial charge on any atom is 0.416 e. The minimum atomic E-state index is -4.37. The lowest BCUT2D eigenvalue weighted by molar-refractivity contribution is -0.137. The quantitative estimate of drug-likeness (QED) is 0.876. The summed E-state index contributed by atoms with van der Waals surface area (Å²) in [6, 6.07) is 6.70. The van der Waals surface area contributed by atoms with Crippen molar-refractivity contribution in [2.24, 2.45) is 0 Å². The van der Waals surface area contributed by atoms with E-state index >= 15 is 0 Å². The number of nitrogens with one attached hydrogen (secondary N) is 1. The van der Waals surface area contributed by atoms with E-state index < -0.39 is 11.7 Å². The second-order valence-corrected chi connectivity index (χ2v) is 6.37. The van der Waals surface area contributed by atoms with Crippen molar-refractivity contribution in [1.29, 1.82) is 0 Å². The maximum atomic E-state index is 12.6. The summed E-state index contributed by atoms with van der Waals surface area (Å²) in [6.45, 7) is 0. The lowest BCUT2D eigenvalue weighted by atomic mass is 9.96. The van der Waals surface area contributed by atoms with Crippen molar-refractivity contribution in [3.8, 4) is 0 Å². The Bertz CT molecular complexity index is 716. The number of amides is 1. The zero-order valence-corrected chi connectivity index (χ0v) is 13.7. The number of nitrogens with zero attached hydrogens (tertiary/aromatic N) is 2. The Balaban J connectivity index is 1.62. The normalized spacial score (nSPS) is 16.0. The van der Waals surface area contributed by atoms with E-state index in [-0.39, 0.29) is 12.3 Å². The highest BCUT2D eigenvalue weighted by atomic mass is 19.4. The average Bonchev–Trinajstić information content (AvgIpc) is 3.03. The number of rotatable bonds is 4. The van der Waals surface area contributed by atoms with Gasteiger partial charge in [-0.1, -0.05) is 31.4 Å². The Labute approximate surface area is 144 Å². The van der Waals surface area contributed by atoms with E-state index in [2.05, 4.69) is 10.4 Å². The molecule has 0 bridgehead atoms. The molecule has 134 valence electrons. The first-order valence-corrected chi connectivity index (χ1v) is 8.43. The van der Waals surface area contributed by atoms with Gasteiger partial charge in [0.1, 0.15) is 5.82 Å². The third kappa shape index (κ3) is 4.41. The summed E-state index contributed by atoms with van der Waals surface area (Å²) < 4.78 is 39.5. The Morgan fingerprint density at radius 3 is 2.44 bits per heavy atom. The minimum Gasteiger partial charge on any atom is -0.311 e. The fraction of sp³-hybridized carbons (Fsp3) is 0.444. The van der Waals surface area contributed by atoms with Crippen molar-refractivity contribution in [2.75, 3.05) is 5.32 Å². The molecule has 1 aromatic carbocycles. The average molecular weight is 351 g/mol. The molecule has 2 aromatic rings. The summed E-state index contributed by atoms with van der Waals surface area (Å²) in [7, 11) is 0. The first-order chi connectivity index (χ1) is 11.9. The van der Waals surface area contributed by atoms with Crippen molar-refractivity contribution in [2.45, 2.75) is 50.7 Å². The lowest BCUT2D eigenvalue weighted by Gasteiger charge is -2.23. The van der Waals surface area contributed by atoms with Crippen molar-refractivity contribution < 1.29 is 18.0 Å². The molecule has 0 unspecified atom stereocenters. The molecule has 1 fully saturated rings. The van der Waals surface area contributed by atoms with E-state index in [0.717, 1.165) is 37.8 Å². The Morgan fingerprint density at radius 2 is 1.80 bits per heavy atom. The predicted octanol–water partition coefficient (Wildman–Crippen LogP) is 4.59. The highest BCUT2D eigenvalue weighted by Crippen LogP contribution is 2.30. The molecule has 1 N–H and O–H groups in total. The van der Waals surface area contributed by atoms with Gasteiger partial charge in [-0.15, -0.1) is 0 Å². The fourth-order valence-electron chi connectivity index (χ4n) is 3.21. The standard InChI is InChI=1S/C18H20F3N3O/c19-18(20,21)14-8-6-13(7-9-14)12-17(25)23-16-10-11-22-24(16)15-4-2-1-3-5-15/h6-11,15H,1-5,12H2,(H,23,25). The largest absolute Gasteiger partial charge is 0.416 e. The van der Waals surface area contributed by atoms with Crippen molar-refractivity contribution in [3.63, 3.8) is 0 Å². The topological polar surface area (TPSA) is 46.9 Å². The molecule has 25 heavy (non-hydrogen) atoms. The molecule has 7 heteroatoms. The van der Waals surface area contributed by atoms with Gasteiger partial charge >= 0.3 is 6.18 Å². The van der Waals surface area contributed by atoms with E-state index in [1.165, 1.54) is 18.6 Å². The number of halogens is 3. The molecule has 0 radical (unpaired) electrons. The van der Waals surface area contributed by atoms with E-state index in [1.54, 1.807) is 12.3 Å². The van der Waals surface area contributed by atoms with Crippen molar-refractivity contribution >= 4 is 11.7 Å². The molecule has 1 saturated carbocycles. The SMILES string of the molecule is O=C(Cc1ccc(C(F)(F)F)cc1)Nc1ccnn1C1CCCCC1. The Hall–Kier alpha value is -2.31. The van der Waals surface area contributed by atoms with Gasteiger partial charge in [0.15, 0.2) is 0 Å². The summed E-state index contributed by atoms with van der Waals surface area (Å²) in [5.41, 5.74) is -0.179. The van der Waals surface area contributed by atoms with Crippen LogP contribution in [0, 0.1) is 0 Å². The van der Waals surface area contributed by atoms with E-state index in [4.69, 9.17) is 0 Å². The monoisotopic (exact) mass is 351 g/mol. The van der Waals surface area contributed by atoms with Gasteiger partial charge < -0.3 is 5.32 Å². The summed E-state index contributed by atoms with van der Waals surface area (Å²) in [5, 5.41) is 7.14. The Morgan fingerprint density at radius 1 is 1.12 bits per heavy atom. The van der Waals surface area contributed by atoms with E-state index in [0.29, 0.717) is 17.4 Å². The third-order valence-electron chi connectivity index (χ3n) is 4.50. The number of alkyl halides is 3. The number of benzene rings is 1. The van der Waals surface area contributed by atoms with Crippen LogP contribution in [0.1, 0.15) is 49.3 Å². The first-order valence-electron chi connectivity index (χ1n) is 8.43. The smallest absolute Gasteiger partial charge is 0.311 e. The van der Waals surface area contributed by atoms with Crippen LogP contribution in [0.5, 0.6) is 0 Å². The number of aromatic nitrogens is 2. The molecule has 1 heterocycles. The number of hydrogen-bond donors (Lipinski definition) is 1. The lowest BCUT2D eigenvalue weighted by Crippen LogP contribution is -2.21. The van der Waals surface area contributed by atoms with Crippen LogP contribution in [-0.2, 0) is 17.4 Å². The fourth-order valence-corrected chi connectivity index (χ4v) is 3.21. The molecular weight excluding hydrogens is 331 g/mol. The molecule has 1 aromatic heterocycles. The summed E-state index contributed by atoms with van der Waals surface area (Å²) in [5.74, 6) is 0.376. The van der Waals surface area contributed by atoms with Crippen LogP contribution >= 0.6 is 0 Å². The van der Waals surface area contributed by atoms with Crippen molar-refractivity contribution in [1.82, 2.24) is 9.78 Å². The van der Waals surface area contributed by atoms with Gasteiger partial charge in [-0.3, -0.25) is 4.79 Å². The molecule has 1 aliphatic carbocycles. The van der Waals surface area contributed by atoms with Crippen LogP contribution in [0.15, 0.2) is 36.5 Å². The van der Waals surface area contributed by atoms with E-state index in [9.17, 15) is 18.0 Å². The van der Waals surface area contributed by atoms with Crippen LogP contribution < -0.4 is 5.32 Å². The van der Waals surface area contributed by atoms with Crippen LogP contribution in [-0.4, -0.2) is 15.7 Å². The number of anilines is 1. The summed E-state index contributed by atoms with van der Waals surface area (Å²) >= 11 is 0. The predicted molar refractivity (Wildman–Crippen MR) is 88.1 cm³/mol. The van der Waals surface area contributed by atoms with Crippen LogP contribution in [0.4, 0.5) is 19.0 Å². The van der Waals surface area contributed by atoms with Gasteiger partial charge in [0.05, 0.1) is 24.2 Å². The molecule has 0 spiro atoms. The van der Waals surface area contributed by atoms with Crippen molar-refractivity contribution in [3.05, 3.63) is 47.7 Å². The van der Waals surface area contributed by atoms with Gasteiger partial charge in [0, 0.05) is 6.07 Å². The number of carbonyl (C=O) groups is 1. The zero-order valence-electron chi connectivity index (χ0n) is 13.7. The molecule has 0 saturated heterocycles. The van der Waals surface area contributed by atoms with Crippen LogP contribution in [0.25, 0.3) is 0 Å². The van der Waals surface area contributed by atoms with Gasteiger partial charge in [0.2, 0.25) is 5.91 Å². The van der Waals surface area contributed by atoms with Crippen LogP contribution in [0.2, 0.25) is 0 Å². The second-order valence-electron chi connectivity index (χ2n) is 6.37. The summed E-state index contributed by atoms with van der Waals surface area (Å²) in [6.07, 6.45) is 2.94. The molecule has 0 aliphatic heterocycles. The first kappa shape index (κ1) is 17.5. The molecular formula is C18H20F3N3O. The van der Waals surface area contributed by atoms with Gasteiger partial charge in [-0.05, 0) is 30.5 Å². The summed E-state index contributed by atoms with van der Waals surface area (Å²) in [4.78, 5) is 12.2. The highest BCUT2D eigenvalue weighted by Gasteiger charge is 2.30. The zero-order chi connectivity index (χ0) is 17.9. The molecule has 0 atom stereocenters. The highest BCUT2D eigenvalue weighted by molar-refractivity contribution is 5.91. The minimum absolute atomic E-state index is 0.0218. The Kier molecular flexibility index (Phi) is 5.11. The number of hydrogen-bond acceptors (Lipinski definition) is 2. The van der Waals surface area contributed by atoms with Gasteiger partial charge in [0.25, 0.3) is 0 Å². The van der Waals surface area contributed by atoms with Gasteiger partial charge in [-0.2, -0.15) is 18.3 Å². The second kappa shape index (κ2) is 7.29. The van der Waals surface area contributed by atoms with Crippen LogP contribution in [0.3, 0.4) is 0 Å². The molecule has 1 amide bonds. The molecule has 3 rings (SSSR count). The van der Waals surface area contributed by atoms with E-state index in [1.807, 2.05) is 4.68 Å². The molecule has 4 nitrogen and oxygen atoms in total. The molecule has 1 aliphatic rings. The maximum absolute atomic E-state index is 12.6.